The van der Waals surface area contributed by atoms with Crippen LogP contribution in [0.5, 0.6) is 0 Å². The van der Waals surface area contributed by atoms with Crippen molar-refractivity contribution in [3.05, 3.63) is 0 Å². The summed E-state index contributed by atoms with van der Waals surface area (Å²) in [4.78, 5) is 62.9. The van der Waals surface area contributed by atoms with Crippen LogP contribution in [0.2, 0.25) is 0 Å². The standard InChI is InChI=1S/7C2H4O2.3Ir.4H2O/c7*1-2(3)4;;;;;;;/h7*1H3,(H,3,4);;;;4*1H2/p-1. The van der Waals surface area contributed by atoms with Crippen molar-refractivity contribution >= 4 is 41.8 Å². The molecule has 0 saturated heterocycles. The molecule has 0 unspecified atom stereocenters. The van der Waals surface area contributed by atoms with E-state index in [9.17, 15) is 0 Å². The van der Waals surface area contributed by atoms with Crippen LogP contribution in [0.3, 0.4) is 0 Å². The van der Waals surface area contributed by atoms with Gasteiger partial charge < -0.3 is 62.4 Å². The van der Waals surface area contributed by atoms with Crippen LogP contribution in [0.25, 0.3) is 0 Å². The maximum Gasteiger partial charge on any atom is 0.300 e. The summed E-state index contributed by atoms with van der Waals surface area (Å²) in [5.41, 5.74) is 0. The molecule has 0 bridgehead atoms. The molecule has 0 aromatic heterocycles. The Morgan fingerprint density at radius 2 is 0.371 bits per heavy atom. The van der Waals surface area contributed by atoms with Gasteiger partial charge in [-0.2, -0.15) is 0 Å². The topological polar surface area (TPSA) is 390 Å². The van der Waals surface area contributed by atoms with Gasteiger partial charge in [-0.05, 0) is 6.92 Å². The second-order valence-electron chi connectivity index (χ2n) is 3.61. The zero-order valence-electron chi connectivity index (χ0n) is 19.4. The van der Waals surface area contributed by atoms with Crippen molar-refractivity contribution < 1.29 is 152 Å². The molecule has 0 rings (SSSR count). The molecule has 18 nitrogen and oxygen atoms in total. The first-order valence-corrected chi connectivity index (χ1v) is 6.47. The molecule has 14 N–H and O–H groups in total. The van der Waals surface area contributed by atoms with Gasteiger partial charge in [0.05, 0.1) is 0 Å². The normalized spacial score (nSPS) is 5.00. The molecular formula is C14H35Ir3O18-. The van der Waals surface area contributed by atoms with Gasteiger partial charge in [-0.3, -0.25) is 28.8 Å². The Labute approximate surface area is 241 Å². The first-order chi connectivity index (χ1) is 12.1. The molecule has 0 saturated carbocycles. The SMILES string of the molecule is CC(=O)O.CC(=O)O.CC(=O)O.CC(=O)O.CC(=O)O.CC(=O)O.CC(=O)[O-].O.O.O.O.[Ir].[Ir].[Ir]. The van der Waals surface area contributed by atoms with Gasteiger partial charge in [-0.25, -0.2) is 0 Å². The van der Waals surface area contributed by atoms with E-state index in [-0.39, 0.29) is 82.2 Å². The summed E-state index contributed by atoms with van der Waals surface area (Å²) in [5.74, 6) is -6.08. The van der Waals surface area contributed by atoms with Crippen LogP contribution in [0.15, 0.2) is 0 Å². The molecule has 227 valence electrons. The molecule has 0 aliphatic carbocycles. The van der Waals surface area contributed by atoms with Crippen LogP contribution in [0.4, 0.5) is 0 Å². The Kier molecular flexibility index (Phi) is 227. The van der Waals surface area contributed by atoms with E-state index in [1.807, 2.05) is 0 Å². The van der Waals surface area contributed by atoms with Crippen molar-refractivity contribution in [3.63, 3.8) is 0 Å². The Morgan fingerprint density at radius 3 is 0.371 bits per heavy atom. The van der Waals surface area contributed by atoms with Crippen LogP contribution in [-0.2, 0) is 93.9 Å². The van der Waals surface area contributed by atoms with Crippen molar-refractivity contribution in [2.75, 3.05) is 0 Å². The summed E-state index contributed by atoms with van der Waals surface area (Å²) in [6.45, 7) is 7.47. The van der Waals surface area contributed by atoms with Gasteiger partial charge >= 0.3 is 0 Å². The van der Waals surface area contributed by atoms with Gasteiger partial charge in [0.25, 0.3) is 35.8 Å². The second kappa shape index (κ2) is 85.1. The van der Waals surface area contributed by atoms with Gasteiger partial charge in [0.15, 0.2) is 0 Å². The van der Waals surface area contributed by atoms with Crippen LogP contribution in [-0.4, -0.2) is 94.3 Å². The van der Waals surface area contributed by atoms with Crippen molar-refractivity contribution in [1.29, 1.82) is 0 Å². The van der Waals surface area contributed by atoms with E-state index in [1.165, 1.54) is 0 Å². The monoisotopic (exact) mass is 1070 g/mol. The summed E-state index contributed by atoms with van der Waals surface area (Å²) in [7, 11) is 0. The number of carboxylic acid groups (broad SMARTS) is 7. The van der Waals surface area contributed by atoms with Gasteiger partial charge in [0.1, 0.15) is 0 Å². The number of hydrogen-bond acceptors (Lipinski definition) is 8. The average Bonchev–Trinajstić information content (AvgIpc) is 2.20. The Hall–Kier alpha value is -1.92. The van der Waals surface area contributed by atoms with Crippen LogP contribution >= 0.6 is 0 Å². The fourth-order valence-electron chi connectivity index (χ4n) is 0. The van der Waals surface area contributed by atoms with Crippen LogP contribution < -0.4 is 5.11 Å². The average molecular weight is 1070 g/mol. The number of rotatable bonds is 0. The molecule has 0 atom stereocenters. The maximum atomic E-state index is 9.00. The minimum absolute atomic E-state index is 0. The number of carbonyl (C=O) groups is 7. The molecule has 21 heteroatoms. The van der Waals surface area contributed by atoms with Gasteiger partial charge in [-0.15, -0.1) is 0 Å². The molecule has 0 aromatic rings. The predicted octanol–water partition coefficient (Wildman–Crippen LogP) is -4.00. The number of hydrogen-bond donors (Lipinski definition) is 6. The zero-order chi connectivity index (χ0) is 25.0. The Balaban J connectivity index is -0.0000000119. The van der Waals surface area contributed by atoms with E-state index in [0.29, 0.717) is 0 Å². The van der Waals surface area contributed by atoms with E-state index in [2.05, 4.69) is 0 Å². The minimum atomic E-state index is -1.08. The molecule has 0 heterocycles. The molecule has 0 aliphatic rings. The summed E-state index contributed by atoms with van der Waals surface area (Å²) < 4.78 is 0. The quantitative estimate of drug-likeness (QED) is 0.135. The minimum Gasteiger partial charge on any atom is -0.550 e. The fraction of sp³-hybridized carbons (Fsp3) is 0.500. The zero-order valence-corrected chi connectivity index (χ0v) is 26.6. The Morgan fingerprint density at radius 1 is 0.371 bits per heavy atom. The van der Waals surface area contributed by atoms with Crippen molar-refractivity contribution in [2.45, 2.75) is 48.5 Å². The first-order valence-electron chi connectivity index (χ1n) is 6.47. The molecule has 0 fully saturated rings. The molecule has 3 radical (unpaired) electrons. The largest absolute Gasteiger partial charge is 0.550 e. The van der Waals surface area contributed by atoms with E-state index >= 15 is 0 Å². The molecule has 35 heavy (non-hydrogen) atoms. The van der Waals surface area contributed by atoms with E-state index < -0.39 is 41.8 Å². The maximum absolute atomic E-state index is 9.00. The summed E-state index contributed by atoms with van der Waals surface area (Å²) in [6.07, 6.45) is 0. The third kappa shape index (κ3) is 7860. The summed E-state index contributed by atoms with van der Waals surface area (Å²) in [6, 6.07) is 0. The van der Waals surface area contributed by atoms with E-state index in [4.69, 9.17) is 69.3 Å². The predicted molar refractivity (Wildman–Crippen MR) is 105 cm³/mol. The van der Waals surface area contributed by atoms with Crippen molar-refractivity contribution in [3.8, 4) is 0 Å². The van der Waals surface area contributed by atoms with Crippen LogP contribution in [0.1, 0.15) is 48.5 Å². The molecule has 0 amide bonds. The second-order valence-corrected chi connectivity index (χ2v) is 3.61. The van der Waals surface area contributed by atoms with Crippen molar-refractivity contribution in [1.82, 2.24) is 0 Å². The third-order valence-corrected chi connectivity index (χ3v) is 0. The van der Waals surface area contributed by atoms with E-state index in [1.54, 1.807) is 0 Å². The van der Waals surface area contributed by atoms with Gasteiger partial charge in [0.2, 0.25) is 0 Å². The Bertz CT molecular complexity index is 325. The molecule has 0 spiro atoms. The molecule has 0 aromatic carbocycles. The van der Waals surface area contributed by atoms with E-state index in [0.717, 1.165) is 48.5 Å². The molecular weight excluding hydrogens is 1030 g/mol. The van der Waals surface area contributed by atoms with Gasteiger partial charge in [-0.1, -0.05) is 0 Å². The van der Waals surface area contributed by atoms with Crippen LogP contribution in [0, 0.1) is 0 Å². The number of aliphatic carboxylic acids is 7. The molecule has 0 aliphatic heterocycles. The van der Waals surface area contributed by atoms with Crippen molar-refractivity contribution in [2.24, 2.45) is 0 Å². The fourth-order valence-corrected chi connectivity index (χ4v) is 0. The summed E-state index contributed by atoms with van der Waals surface area (Å²) in [5, 5.41) is 53.4. The smallest absolute Gasteiger partial charge is 0.300 e. The first kappa shape index (κ1) is 93.5. The third-order valence-electron chi connectivity index (χ3n) is 0. The van der Waals surface area contributed by atoms with Gasteiger partial charge in [0, 0.05) is 108 Å². The summed E-state index contributed by atoms with van der Waals surface area (Å²) >= 11 is 0. The number of carbonyl (C=O) groups excluding carboxylic acids is 1. The number of carboxylic acids is 7.